The van der Waals surface area contributed by atoms with Crippen LogP contribution in [-0.2, 0) is 4.74 Å². The van der Waals surface area contributed by atoms with Gasteiger partial charge >= 0.3 is 5.97 Å². The van der Waals surface area contributed by atoms with Crippen molar-refractivity contribution in [2.24, 2.45) is 0 Å². The molecule has 1 aliphatic heterocycles. The molecule has 1 fully saturated rings. The highest BCUT2D eigenvalue weighted by Crippen LogP contribution is 2.28. The molecule has 0 unspecified atom stereocenters. The van der Waals surface area contributed by atoms with E-state index in [0.29, 0.717) is 5.56 Å². The first-order chi connectivity index (χ1) is 8.47. The van der Waals surface area contributed by atoms with Gasteiger partial charge in [0.15, 0.2) is 0 Å². The average molecular weight is 252 g/mol. The molecule has 0 amide bonds. The summed E-state index contributed by atoms with van der Waals surface area (Å²) in [5, 5.41) is 7.28. The lowest BCUT2D eigenvalue weighted by Gasteiger charge is -2.22. The molecule has 5 heteroatoms. The SMILES string of the molecule is CC(C)(C)OC(=O)c1conc1C1CCNCC1. The predicted octanol–water partition coefficient (Wildman–Crippen LogP) is 2.10. The lowest BCUT2D eigenvalue weighted by Crippen LogP contribution is -2.28. The van der Waals surface area contributed by atoms with Gasteiger partial charge in [-0.05, 0) is 46.7 Å². The molecule has 1 saturated heterocycles. The standard InChI is InChI=1S/C13H20N2O3/c1-13(2,3)18-12(16)10-8-17-15-11(10)9-4-6-14-7-5-9/h8-9,14H,4-7H2,1-3H3. The van der Waals surface area contributed by atoms with E-state index in [4.69, 9.17) is 9.26 Å². The molecule has 1 aromatic heterocycles. The zero-order valence-corrected chi connectivity index (χ0v) is 11.2. The van der Waals surface area contributed by atoms with E-state index in [-0.39, 0.29) is 11.9 Å². The van der Waals surface area contributed by atoms with Gasteiger partial charge in [0.05, 0.1) is 0 Å². The fourth-order valence-corrected chi connectivity index (χ4v) is 2.12. The molecule has 0 atom stereocenters. The van der Waals surface area contributed by atoms with Crippen LogP contribution in [0, 0.1) is 0 Å². The van der Waals surface area contributed by atoms with Gasteiger partial charge in [-0.3, -0.25) is 0 Å². The van der Waals surface area contributed by atoms with Crippen molar-refractivity contribution in [3.05, 3.63) is 17.5 Å². The van der Waals surface area contributed by atoms with E-state index in [9.17, 15) is 4.79 Å². The van der Waals surface area contributed by atoms with E-state index in [1.165, 1.54) is 6.26 Å². The minimum atomic E-state index is -0.500. The van der Waals surface area contributed by atoms with Crippen molar-refractivity contribution >= 4 is 5.97 Å². The highest BCUT2D eigenvalue weighted by atomic mass is 16.6. The lowest BCUT2D eigenvalue weighted by molar-refractivity contribution is 0.00671. The number of esters is 1. The van der Waals surface area contributed by atoms with Gasteiger partial charge in [0.2, 0.25) is 0 Å². The Bertz CT molecular complexity index is 414. The zero-order chi connectivity index (χ0) is 13.2. The van der Waals surface area contributed by atoms with Crippen molar-refractivity contribution in [2.75, 3.05) is 13.1 Å². The third kappa shape index (κ3) is 3.10. The Morgan fingerprint density at radius 1 is 1.44 bits per heavy atom. The largest absolute Gasteiger partial charge is 0.456 e. The van der Waals surface area contributed by atoms with Gasteiger partial charge in [-0.15, -0.1) is 0 Å². The summed E-state index contributed by atoms with van der Waals surface area (Å²) in [7, 11) is 0. The Morgan fingerprint density at radius 3 is 2.72 bits per heavy atom. The van der Waals surface area contributed by atoms with Crippen LogP contribution in [0.15, 0.2) is 10.8 Å². The summed E-state index contributed by atoms with van der Waals surface area (Å²) < 4.78 is 10.3. The Balaban J connectivity index is 2.14. The molecule has 0 bridgehead atoms. The smallest absolute Gasteiger partial charge is 0.343 e. The summed E-state index contributed by atoms with van der Waals surface area (Å²) in [6.07, 6.45) is 3.34. The second-order valence-electron chi connectivity index (χ2n) is 5.64. The normalized spacial score (nSPS) is 17.7. The Labute approximate surface area is 107 Å². The lowest BCUT2D eigenvalue weighted by atomic mass is 9.92. The second-order valence-corrected chi connectivity index (χ2v) is 5.64. The van der Waals surface area contributed by atoms with Crippen LogP contribution in [0.3, 0.4) is 0 Å². The molecule has 0 spiro atoms. The molecular weight excluding hydrogens is 232 g/mol. The molecule has 2 heterocycles. The van der Waals surface area contributed by atoms with E-state index >= 15 is 0 Å². The van der Waals surface area contributed by atoms with Crippen LogP contribution in [0.1, 0.15) is 55.6 Å². The number of aromatic nitrogens is 1. The Morgan fingerprint density at radius 2 is 2.11 bits per heavy atom. The average Bonchev–Trinajstić information content (AvgIpc) is 2.76. The van der Waals surface area contributed by atoms with Crippen LogP contribution in [0.5, 0.6) is 0 Å². The summed E-state index contributed by atoms with van der Waals surface area (Å²) in [5.41, 5.74) is 0.710. The Kier molecular flexibility index (Phi) is 3.71. The Hall–Kier alpha value is -1.36. The molecule has 1 N–H and O–H groups in total. The van der Waals surface area contributed by atoms with Crippen LogP contribution < -0.4 is 5.32 Å². The molecule has 1 aromatic rings. The highest BCUT2D eigenvalue weighted by Gasteiger charge is 2.28. The fraction of sp³-hybridized carbons (Fsp3) is 0.692. The molecule has 2 rings (SSSR count). The number of nitrogens with one attached hydrogen (secondary N) is 1. The van der Waals surface area contributed by atoms with Crippen LogP contribution in [0.4, 0.5) is 0 Å². The van der Waals surface area contributed by atoms with Crippen LogP contribution in [0.25, 0.3) is 0 Å². The van der Waals surface area contributed by atoms with Gasteiger partial charge in [0.25, 0.3) is 0 Å². The first-order valence-electron chi connectivity index (χ1n) is 6.36. The number of hydrogen-bond acceptors (Lipinski definition) is 5. The third-order valence-corrected chi connectivity index (χ3v) is 2.94. The molecule has 5 nitrogen and oxygen atoms in total. The summed E-state index contributed by atoms with van der Waals surface area (Å²) >= 11 is 0. The maximum absolute atomic E-state index is 12.0. The quantitative estimate of drug-likeness (QED) is 0.816. The molecule has 18 heavy (non-hydrogen) atoms. The molecule has 1 aliphatic rings. The number of rotatable bonds is 2. The number of piperidine rings is 1. The maximum atomic E-state index is 12.0. The van der Waals surface area contributed by atoms with Gasteiger partial charge < -0.3 is 14.6 Å². The minimum absolute atomic E-state index is 0.285. The molecule has 0 radical (unpaired) electrons. The van der Waals surface area contributed by atoms with Gasteiger partial charge in [0.1, 0.15) is 23.1 Å². The number of ether oxygens (including phenoxy) is 1. The van der Waals surface area contributed by atoms with Crippen molar-refractivity contribution in [1.82, 2.24) is 10.5 Å². The van der Waals surface area contributed by atoms with Crippen molar-refractivity contribution < 1.29 is 14.1 Å². The van der Waals surface area contributed by atoms with Crippen LogP contribution in [-0.4, -0.2) is 29.8 Å². The van der Waals surface area contributed by atoms with Crippen molar-refractivity contribution in [3.63, 3.8) is 0 Å². The number of carbonyl (C=O) groups is 1. The van der Waals surface area contributed by atoms with Crippen LogP contribution >= 0.6 is 0 Å². The first kappa shape index (κ1) is 13.1. The maximum Gasteiger partial charge on any atom is 0.343 e. The number of nitrogens with zero attached hydrogens (tertiary/aromatic N) is 1. The highest BCUT2D eigenvalue weighted by molar-refractivity contribution is 5.90. The van der Waals surface area contributed by atoms with Gasteiger partial charge in [-0.1, -0.05) is 5.16 Å². The summed E-state index contributed by atoms with van der Waals surface area (Å²) in [6, 6.07) is 0. The second kappa shape index (κ2) is 5.10. The van der Waals surface area contributed by atoms with E-state index in [0.717, 1.165) is 31.6 Å². The number of carbonyl (C=O) groups excluding carboxylic acids is 1. The topological polar surface area (TPSA) is 64.4 Å². The molecule has 0 aromatic carbocycles. The monoisotopic (exact) mass is 252 g/mol. The molecule has 0 aliphatic carbocycles. The zero-order valence-electron chi connectivity index (χ0n) is 11.2. The van der Waals surface area contributed by atoms with Gasteiger partial charge in [-0.2, -0.15) is 0 Å². The minimum Gasteiger partial charge on any atom is -0.456 e. The van der Waals surface area contributed by atoms with Crippen LogP contribution in [0.2, 0.25) is 0 Å². The summed E-state index contributed by atoms with van der Waals surface area (Å²) in [4.78, 5) is 12.0. The molecule has 100 valence electrons. The van der Waals surface area contributed by atoms with E-state index < -0.39 is 5.60 Å². The van der Waals surface area contributed by atoms with Crippen molar-refractivity contribution in [3.8, 4) is 0 Å². The fourth-order valence-electron chi connectivity index (χ4n) is 2.12. The predicted molar refractivity (Wildman–Crippen MR) is 66.5 cm³/mol. The van der Waals surface area contributed by atoms with E-state index in [2.05, 4.69) is 10.5 Å². The van der Waals surface area contributed by atoms with E-state index in [1.54, 1.807) is 0 Å². The third-order valence-electron chi connectivity index (χ3n) is 2.94. The number of hydrogen-bond donors (Lipinski definition) is 1. The van der Waals surface area contributed by atoms with Gasteiger partial charge in [0, 0.05) is 5.92 Å². The van der Waals surface area contributed by atoms with Gasteiger partial charge in [-0.25, -0.2) is 4.79 Å². The molecular formula is C13H20N2O3. The van der Waals surface area contributed by atoms with Crippen molar-refractivity contribution in [1.29, 1.82) is 0 Å². The summed E-state index contributed by atoms with van der Waals surface area (Å²) in [5.74, 6) is -0.0650. The van der Waals surface area contributed by atoms with E-state index in [1.807, 2.05) is 20.8 Å². The van der Waals surface area contributed by atoms with Crippen molar-refractivity contribution in [2.45, 2.75) is 45.1 Å². The first-order valence-corrected chi connectivity index (χ1v) is 6.36. The molecule has 0 saturated carbocycles. The summed E-state index contributed by atoms with van der Waals surface area (Å²) in [6.45, 7) is 7.45.